The highest BCUT2D eigenvalue weighted by molar-refractivity contribution is 7.99. The van der Waals surface area contributed by atoms with Gasteiger partial charge in [-0.1, -0.05) is 0 Å². The Kier molecular flexibility index (Phi) is 6.31. The Labute approximate surface area is 215 Å². The fraction of sp³-hybridized carbons (Fsp3) is 0.423. The Balaban J connectivity index is 1.25. The zero-order valence-electron chi connectivity index (χ0n) is 20.2. The normalized spacial score (nSPS) is 20.9. The molecule has 37 heavy (non-hydrogen) atoms. The van der Waals surface area contributed by atoms with Gasteiger partial charge >= 0.3 is 5.69 Å². The van der Waals surface area contributed by atoms with Gasteiger partial charge in [-0.05, 0) is 74.3 Å². The summed E-state index contributed by atoms with van der Waals surface area (Å²) in [7, 11) is 0. The largest absolute Gasteiger partial charge is 0.349 e. The van der Waals surface area contributed by atoms with Crippen LogP contribution in [0.15, 0.2) is 46.4 Å². The Morgan fingerprint density at radius 3 is 2.54 bits per heavy atom. The number of aromatic nitrogens is 5. The van der Waals surface area contributed by atoms with E-state index in [9.17, 15) is 18.8 Å². The first-order valence-electron chi connectivity index (χ1n) is 12.6. The van der Waals surface area contributed by atoms with Crippen molar-refractivity contribution in [2.24, 2.45) is 0 Å². The van der Waals surface area contributed by atoms with Crippen molar-refractivity contribution >= 4 is 39.7 Å². The van der Waals surface area contributed by atoms with Gasteiger partial charge in [-0.2, -0.15) is 11.8 Å². The molecular formula is C26H27FN6O3S. The van der Waals surface area contributed by atoms with Gasteiger partial charge in [-0.3, -0.25) is 18.7 Å². The summed E-state index contributed by atoms with van der Waals surface area (Å²) in [6.07, 6.45) is 6.66. The van der Waals surface area contributed by atoms with Crippen LogP contribution in [0.3, 0.4) is 0 Å². The first-order valence-corrected chi connectivity index (χ1v) is 13.8. The highest BCUT2D eigenvalue weighted by atomic mass is 32.2. The number of rotatable bonds is 4. The Bertz CT molecular complexity index is 1600. The number of nitrogens with one attached hydrogen (secondary N) is 2. The van der Waals surface area contributed by atoms with Crippen molar-refractivity contribution in [1.82, 2.24) is 29.4 Å². The monoisotopic (exact) mass is 522 g/mol. The molecule has 1 aromatic carbocycles. The lowest BCUT2D eigenvalue weighted by Gasteiger charge is -2.31. The van der Waals surface area contributed by atoms with E-state index in [1.165, 1.54) is 10.6 Å². The van der Waals surface area contributed by atoms with Gasteiger partial charge in [0, 0.05) is 23.7 Å². The van der Waals surface area contributed by atoms with Crippen LogP contribution in [0.5, 0.6) is 0 Å². The summed E-state index contributed by atoms with van der Waals surface area (Å²) in [4.78, 5) is 51.4. The van der Waals surface area contributed by atoms with Crippen molar-refractivity contribution in [3.8, 4) is 0 Å². The molecule has 1 saturated carbocycles. The number of amides is 1. The molecule has 1 aliphatic carbocycles. The quantitative estimate of drug-likeness (QED) is 0.424. The minimum Gasteiger partial charge on any atom is -0.349 e. The smallest absolute Gasteiger partial charge is 0.333 e. The van der Waals surface area contributed by atoms with Gasteiger partial charge < -0.3 is 10.3 Å². The zero-order valence-corrected chi connectivity index (χ0v) is 21.0. The number of hydrogen-bond donors (Lipinski definition) is 2. The molecule has 1 saturated heterocycles. The first kappa shape index (κ1) is 23.9. The number of carbonyl (C=O) groups is 1. The molecule has 0 atom stereocenters. The Morgan fingerprint density at radius 1 is 1.00 bits per heavy atom. The molecule has 9 nitrogen and oxygen atoms in total. The number of aromatic amines is 1. The van der Waals surface area contributed by atoms with Crippen molar-refractivity contribution in [3.05, 3.63) is 69.0 Å². The fourth-order valence-electron chi connectivity index (χ4n) is 5.62. The molecule has 4 heterocycles. The van der Waals surface area contributed by atoms with Gasteiger partial charge in [0.1, 0.15) is 11.5 Å². The molecule has 0 spiro atoms. The van der Waals surface area contributed by atoms with Crippen molar-refractivity contribution in [3.63, 3.8) is 0 Å². The average molecular weight is 523 g/mol. The summed E-state index contributed by atoms with van der Waals surface area (Å²) in [5.74, 6) is 1.09. The standard InChI is InChI=1S/C26H27FN6O3S/c27-16-12-20-23(28-13-16)32(19-7-9-37-10-8-19)26(36)33(25(20)35)18-4-2-17(3-5-18)31-24(34)15-1-6-21-22(11-15)30-14-29-21/h1,6,11-14,17-19H,2-5,7-10H2,(H,29,30)(H,31,34)/t17-,18+. The van der Waals surface area contributed by atoms with E-state index in [2.05, 4.69) is 20.3 Å². The molecule has 3 aromatic heterocycles. The van der Waals surface area contributed by atoms with E-state index in [1.807, 2.05) is 17.8 Å². The highest BCUT2D eigenvalue weighted by Crippen LogP contribution is 2.30. The van der Waals surface area contributed by atoms with Crippen LogP contribution in [-0.2, 0) is 0 Å². The minimum atomic E-state index is -0.597. The molecule has 6 rings (SSSR count). The second-order valence-corrected chi connectivity index (χ2v) is 11.0. The number of thioether (sulfide) groups is 1. The van der Waals surface area contributed by atoms with Gasteiger partial charge in [-0.15, -0.1) is 0 Å². The maximum Gasteiger partial charge on any atom is 0.333 e. The van der Waals surface area contributed by atoms with E-state index in [0.29, 0.717) is 31.2 Å². The fourth-order valence-corrected chi connectivity index (χ4v) is 6.70. The summed E-state index contributed by atoms with van der Waals surface area (Å²) < 4.78 is 17.0. The molecule has 2 fully saturated rings. The first-order chi connectivity index (χ1) is 18.0. The summed E-state index contributed by atoms with van der Waals surface area (Å²) >= 11 is 1.84. The molecular weight excluding hydrogens is 495 g/mol. The van der Waals surface area contributed by atoms with E-state index < -0.39 is 11.4 Å². The molecule has 11 heteroatoms. The van der Waals surface area contributed by atoms with Gasteiger partial charge in [0.15, 0.2) is 0 Å². The number of imidazole rings is 1. The number of H-pyrrole nitrogens is 1. The van der Waals surface area contributed by atoms with Crippen LogP contribution in [0.4, 0.5) is 4.39 Å². The second kappa shape index (κ2) is 9.77. The summed E-state index contributed by atoms with van der Waals surface area (Å²) in [6, 6.07) is 6.08. The van der Waals surface area contributed by atoms with E-state index in [4.69, 9.17) is 0 Å². The van der Waals surface area contributed by atoms with Gasteiger partial charge in [0.2, 0.25) is 0 Å². The summed E-state index contributed by atoms with van der Waals surface area (Å²) in [5.41, 5.74) is 1.54. The van der Waals surface area contributed by atoms with Crippen LogP contribution in [-0.4, -0.2) is 47.5 Å². The molecule has 2 aliphatic rings. The lowest BCUT2D eigenvalue weighted by molar-refractivity contribution is 0.0922. The van der Waals surface area contributed by atoms with E-state index in [0.717, 1.165) is 41.6 Å². The molecule has 1 amide bonds. The minimum absolute atomic E-state index is 0.0634. The van der Waals surface area contributed by atoms with Crippen molar-refractivity contribution in [2.45, 2.75) is 56.7 Å². The Hall–Kier alpha value is -3.47. The molecule has 0 radical (unpaired) electrons. The number of carbonyl (C=O) groups excluding carboxylic acids is 1. The number of hydrogen-bond acceptors (Lipinski definition) is 6. The number of fused-ring (bicyclic) bond motifs is 2. The van der Waals surface area contributed by atoms with Crippen LogP contribution in [0.1, 0.15) is 61.0 Å². The lowest BCUT2D eigenvalue weighted by Crippen LogP contribution is -2.46. The third-order valence-corrected chi connectivity index (χ3v) is 8.61. The number of halogens is 1. The highest BCUT2D eigenvalue weighted by Gasteiger charge is 2.29. The number of nitrogens with zero attached hydrogens (tertiary/aromatic N) is 4. The molecule has 0 bridgehead atoms. The SMILES string of the molecule is O=C(N[C@H]1CC[C@@H](n2c(=O)c3cc(F)cnc3n(C3CCSCC3)c2=O)CC1)c1ccc2[nH]cnc2c1. The van der Waals surface area contributed by atoms with Gasteiger partial charge in [-0.25, -0.2) is 19.2 Å². The molecule has 2 N–H and O–H groups in total. The topological polar surface area (TPSA) is 115 Å². The molecule has 1 aliphatic heterocycles. The van der Waals surface area contributed by atoms with E-state index in [1.54, 1.807) is 23.0 Å². The van der Waals surface area contributed by atoms with Crippen LogP contribution in [0.2, 0.25) is 0 Å². The third-order valence-electron chi connectivity index (χ3n) is 7.56. The maximum atomic E-state index is 14.1. The average Bonchev–Trinajstić information content (AvgIpc) is 3.39. The molecule has 192 valence electrons. The Morgan fingerprint density at radius 2 is 1.76 bits per heavy atom. The maximum absolute atomic E-state index is 14.1. The van der Waals surface area contributed by atoms with Crippen LogP contribution >= 0.6 is 11.8 Å². The van der Waals surface area contributed by atoms with Crippen LogP contribution in [0, 0.1) is 5.82 Å². The van der Waals surface area contributed by atoms with Crippen LogP contribution in [0.25, 0.3) is 22.1 Å². The molecule has 0 unspecified atom stereocenters. The van der Waals surface area contributed by atoms with Gasteiger partial charge in [0.05, 0.1) is 28.9 Å². The van der Waals surface area contributed by atoms with E-state index >= 15 is 0 Å². The van der Waals surface area contributed by atoms with E-state index in [-0.39, 0.29) is 40.8 Å². The second-order valence-electron chi connectivity index (χ2n) is 9.81. The number of benzene rings is 1. The van der Waals surface area contributed by atoms with Gasteiger partial charge in [0.25, 0.3) is 11.5 Å². The lowest BCUT2D eigenvalue weighted by atomic mass is 9.90. The predicted octanol–water partition coefficient (Wildman–Crippen LogP) is 3.56. The predicted molar refractivity (Wildman–Crippen MR) is 141 cm³/mol. The summed E-state index contributed by atoms with van der Waals surface area (Å²) in [5, 5.41) is 3.22. The zero-order chi connectivity index (χ0) is 25.5. The van der Waals surface area contributed by atoms with Crippen LogP contribution < -0.4 is 16.6 Å². The van der Waals surface area contributed by atoms with Crippen molar-refractivity contribution < 1.29 is 9.18 Å². The summed E-state index contributed by atoms with van der Waals surface area (Å²) in [6.45, 7) is 0. The van der Waals surface area contributed by atoms with Crippen molar-refractivity contribution in [2.75, 3.05) is 11.5 Å². The number of pyridine rings is 1. The van der Waals surface area contributed by atoms with Crippen molar-refractivity contribution in [1.29, 1.82) is 0 Å². The third kappa shape index (κ3) is 4.45. The molecule has 4 aromatic rings.